The van der Waals surface area contributed by atoms with E-state index in [1.807, 2.05) is 12.1 Å². The number of nitrogens with zero attached hydrogens (tertiary/aromatic N) is 1. The molecule has 0 saturated heterocycles. The molecule has 0 saturated carbocycles. The highest BCUT2D eigenvalue weighted by atomic mass is 16.5. The van der Waals surface area contributed by atoms with Crippen LogP contribution in [-0.4, -0.2) is 4.57 Å². The van der Waals surface area contributed by atoms with Crippen molar-refractivity contribution in [2.24, 2.45) is 0 Å². The van der Waals surface area contributed by atoms with Crippen molar-refractivity contribution in [2.45, 2.75) is 0 Å². The molecule has 0 amide bonds. The molecule has 1 aliphatic heterocycles. The van der Waals surface area contributed by atoms with Crippen LogP contribution in [0.5, 0.6) is 11.5 Å². The molecular formula is C44H27NO. The molecule has 214 valence electrons. The summed E-state index contributed by atoms with van der Waals surface area (Å²) < 4.78 is 8.80. The summed E-state index contributed by atoms with van der Waals surface area (Å²) in [6.07, 6.45) is 0. The maximum atomic E-state index is 6.39. The second kappa shape index (κ2) is 9.69. The topological polar surface area (TPSA) is 14.2 Å². The van der Waals surface area contributed by atoms with Crippen LogP contribution in [0.15, 0.2) is 164 Å². The largest absolute Gasteiger partial charge is 0.456 e. The van der Waals surface area contributed by atoms with E-state index in [0.717, 1.165) is 22.7 Å². The molecule has 0 aliphatic carbocycles. The van der Waals surface area contributed by atoms with Gasteiger partial charge in [0.15, 0.2) is 0 Å². The van der Waals surface area contributed by atoms with Crippen molar-refractivity contribution < 1.29 is 4.74 Å². The molecule has 0 radical (unpaired) electrons. The summed E-state index contributed by atoms with van der Waals surface area (Å²) in [6.45, 7) is 0. The van der Waals surface area contributed by atoms with Gasteiger partial charge >= 0.3 is 0 Å². The first-order valence-electron chi connectivity index (χ1n) is 15.8. The first-order valence-corrected chi connectivity index (χ1v) is 15.8. The lowest BCUT2D eigenvalue weighted by molar-refractivity contribution is 0.487. The van der Waals surface area contributed by atoms with E-state index in [1.54, 1.807) is 0 Å². The Balaban J connectivity index is 1.23. The van der Waals surface area contributed by atoms with E-state index in [0.29, 0.717) is 0 Å². The van der Waals surface area contributed by atoms with Gasteiger partial charge in [-0.2, -0.15) is 0 Å². The van der Waals surface area contributed by atoms with Crippen LogP contribution in [0.3, 0.4) is 0 Å². The molecule has 9 aromatic rings. The number of hydrogen-bond acceptors (Lipinski definition) is 1. The highest BCUT2D eigenvalue weighted by Gasteiger charge is 2.22. The van der Waals surface area contributed by atoms with Crippen LogP contribution in [0.4, 0.5) is 0 Å². The summed E-state index contributed by atoms with van der Waals surface area (Å²) in [4.78, 5) is 0. The average Bonchev–Trinajstić information content (AvgIpc) is 3.46. The van der Waals surface area contributed by atoms with Crippen LogP contribution in [0.25, 0.3) is 82.4 Å². The smallest absolute Gasteiger partial charge is 0.135 e. The third-order valence-corrected chi connectivity index (χ3v) is 9.58. The van der Waals surface area contributed by atoms with Gasteiger partial charge in [0, 0.05) is 27.4 Å². The van der Waals surface area contributed by atoms with Gasteiger partial charge in [0.2, 0.25) is 0 Å². The molecule has 46 heavy (non-hydrogen) atoms. The lowest BCUT2D eigenvalue weighted by Crippen LogP contribution is -1.97. The Morgan fingerprint density at radius 3 is 1.91 bits per heavy atom. The highest BCUT2D eigenvalue weighted by Crippen LogP contribution is 2.49. The molecule has 2 heterocycles. The number of hydrogen-bond donors (Lipinski definition) is 0. The van der Waals surface area contributed by atoms with E-state index >= 15 is 0 Å². The predicted molar refractivity (Wildman–Crippen MR) is 192 cm³/mol. The zero-order valence-corrected chi connectivity index (χ0v) is 24.9. The Labute approximate surface area is 266 Å². The molecule has 0 spiro atoms. The number of aromatic nitrogens is 1. The normalized spacial score (nSPS) is 12.1. The number of fused-ring (bicyclic) bond motifs is 7. The fourth-order valence-electron chi connectivity index (χ4n) is 7.61. The summed E-state index contributed by atoms with van der Waals surface area (Å²) in [5.74, 6) is 1.82. The van der Waals surface area contributed by atoms with E-state index in [-0.39, 0.29) is 0 Å². The Morgan fingerprint density at radius 1 is 0.348 bits per heavy atom. The van der Waals surface area contributed by atoms with E-state index in [9.17, 15) is 0 Å². The molecule has 1 aromatic heterocycles. The van der Waals surface area contributed by atoms with Crippen molar-refractivity contribution in [1.82, 2.24) is 4.57 Å². The third-order valence-electron chi connectivity index (χ3n) is 9.58. The van der Waals surface area contributed by atoms with Gasteiger partial charge in [-0.3, -0.25) is 0 Å². The molecule has 8 aromatic carbocycles. The zero-order valence-electron chi connectivity index (χ0n) is 24.9. The monoisotopic (exact) mass is 585 g/mol. The first-order chi connectivity index (χ1) is 22.8. The van der Waals surface area contributed by atoms with Crippen LogP contribution in [0, 0.1) is 0 Å². The fourth-order valence-corrected chi connectivity index (χ4v) is 7.61. The molecule has 0 bridgehead atoms. The Hall–Kier alpha value is -6.12. The molecule has 0 unspecified atom stereocenters. The number of para-hydroxylation sites is 3. The van der Waals surface area contributed by atoms with Crippen LogP contribution in [0.2, 0.25) is 0 Å². The molecule has 0 atom stereocenters. The fraction of sp³-hybridized carbons (Fsp3) is 0. The minimum Gasteiger partial charge on any atom is -0.456 e. The van der Waals surface area contributed by atoms with Gasteiger partial charge in [0.25, 0.3) is 0 Å². The van der Waals surface area contributed by atoms with E-state index < -0.39 is 0 Å². The van der Waals surface area contributed by atoms with Crippen molar-refractivity contribution >= 4 is 43.4 Å². The third kappa shape index (κ3) is 3.59. The van der Waals surface area contributed by atoms with Gasteiger partial charge in [-0.1, -0.05) is 121 Å². The highest BCUT2D eigenvalue weighted by molar-refractivity contribution is 6.24. The standard InChI is InChI=1S/C44H27NO/c1-2-14-30(15-3-1)45-39-22-8-6-19-37(39)43-35-18-5-4-16-32(35)38(27-40(43)45)29-13-10-12-28(26-29)31-24-25-42-44-34(31)20-11-21-36(44)33-17-7-9-23-41(33)46-42/h1-27H. The Kier molecular flexibility index (Phi) is 5.31. The summed E-state index contributed by atoms with van der Waals surface area (Å²) >= 11 is 0. The average molecular weight is 586 g/mol. The van der Waals surface area contributed by atoms with Gasteiger partial charge in [-0.15, -0.1) is 0 Å². The van der Waals surface area contributed by atoms with Crippen molar-refractivity contribution in [3.8, 4) is 50.6 Å². The molecule has 1 aliphatic rings. The van der Waals surface area contributed by atoms with Gasteiger partial charge in [-0.05, 0) is 86.4 Å². The Morgan fingerprint density at radius 2 is 1.02 bits per heavy atom. The Bertz CT molecular complexity index is 2660. The van der Waals surface area contributed by atoms with Crippen LogP contribution in [0.1, 0.15) is 0 Å². The van der Waals surface area contributed by atoms with Crippen LogP contribution >= 0.6 is 0 Å². The second-order valence-electron chi connectivity index (χ2n) is 12.1. The number of ether oxygens (including phenoxy) is 1. The lowest BCUT2D eigenvalue weighted by Gasteiger charge is -2.22. The van der Waals surface area contributed by atoms with Crippen molar-refractivity contribution in [3.63, 3.8) is 0 Å². The molecule has 2 nitrogen and oxygen atoms in total. The summed E-state index contributed by atoms with van der Waals surface area (Å²) in [5.41, 5.74) is 10.8. The van der Waals surface area contributed by atoms with Crippen molar-refractivity contribution in [1.29, 1.82) is 0 Å². The van der Waals surface area contributed by atoms with E-state index in [4.69, 9.17) is 4.74 Å². The van der Waals surface area contributed by atoms with Gasteiger partial charge < -0.3 is 9.30 Å². The summed E-state index contributed by atoms with van der Waals surface area (Å²) in [5, 5.41) is 7.45. The minimum absolute atomic E-state index is 0.910. The summed E-state index contributed by atoms with van der Waals surface area (Å²) in [7, 11) is 0. The van der Waals surface area contributed by atoms with Crippen LogP contribution in [-0.2, 0) is 0 Å². The quantitative estimate of drug-likeness (QED) is 0.201. The van der Waals surface area contributed by atoms with Gasteiger partial charge in [0.1, 0.15) is 11.5 Å². The van der Waals surface area contributed by atoms with E-state index in [2.05, 4.69) is 156 Å². The molecule has 10 rings (SSSR count). The molecule has 2 heteroatoms. The van der Waals surface area contributed by atoms with Crippen molar-refractivity contribution in [2.75, 3.05) is 0 Å². The maximum absolute atomic E-state index is 6.39. The molecule has 0 fully saturated rings. The second-order valence-corrected chi connectivity index (χ2v) is 12.1. The maximum Gasteiger partial charge on any atom is 0.135 e. The number of rotatable bonds is 3. The minimum atomic E-state index is 0.910. The van der Waals surface area contributed by atoms with Crippen LogP contribution < -0.4 is 4.74 Å². The van der Waals surface area contributed by atoms with Gasteiger partial charge in [0.05, 0.1) is 11.0 Å². The first kappa shape index (κ1) is 25.2. The molecular weight excluding hydrogens is 558 g/mol. The number of benzene rings is 8. The van der Waals surface area contributed by atoms with Gasteiger partial charge in [-0.25, -0.2) is 0 Å². The lowest BCUT2D eigenvalue weighted by atomic mass is 9.89. The SMILES string of the molecule is c1ccc(-n2c3ccccc3c3c4ccccc4c(-c4cccc(-c5ccc6c7c(cccc57)-c5ccccc5O6)c4)cc32)cc1. The molecule has 0 N–H and O–H groups in total. The van der Waals surface area contributed by atoms with Crippen molar-refractivity contribution in [3.05, 3.63) is 164 Å². The zero-order chi connectivity index (χ0) is 30.2. The van der Waals surface area contributed by atoms with E-state index in [1.165, 1.54) is 71.2 Å². The predicted octanol–water partition coefficient (Wildman–Crippen LogP) is 12.2. The summed E-state index contributed by atoms with van der Waals surface area (Å²) in [6, 6.07) is 59.0.